The van der Waals surface area contributed by atoms with Crippen LogP contribution in [0.4, 0.5) is 5.69 Å². The maximum Gasteiger partial charge on any atom is 0.261 e. The van der Waals surface area contributed by atoms with Gasteiger partial charge in [-0.05, 0) is 49.9 Å². The van der Waals surface area contributed by atoms with Crippen molar-refractivity contribution in [3.63, 3.8) is 0 Å². The molecule has 6 heteroatoms. The molecule has 116 valence electrons. The second-order valence-corrected chi connectivity index (χ2v) is 8.26. The van der Waals surface area contributed by atoms with Crippen molar-refractivity contribution >= 4 is 31.3 Å². The van der Waals surface area contributed by atoms with Gasteiger partial charge in [-0.2, -0.15) is 0 Å². The topological polar surface area (TPSA) is 63.2 Å². The van der Waals surface area contributed by atoms with Crippen LogP contribution in [0.1, 0.15) is 43.2 Å². The van der Waals surface area contributed by atoms with E-state index in [9.17, 15) is 13.2 Å². The van der Waals surface area contributed by atoms with Crippen molar-refractivity contribution in [2.24, 2.45) is 5.92 Å². The van der Waals surface area contributed by atoms with Crippen LogP contribution < -0.4 is 5.32 Å². The summed E-state index contributed by atoms with van der Waals surface area (Å²) in [6, 6.07) is 2.98. The van der Waals surface area contributed by atoms with Crippen LogP contribution in [0.15, 0.2) is 17.0 Å². The highest BCUT2D eigenvalue weighted by atomic mass is 35.7. The summed E-state index contributed by atoms with van der Waals surface area (Å²) < 4.78 is 22.8. The lowest BCUT2D eigenvalue weighted by atomic mass is 9.88. The summed E-state index contributed by atoms with van der Waals surface area (Å²) in [5.74, 6) is 0.0939. The fourth-order valence-corrected chi connectivity index (χ4v) is 3.75. The van der Waals surface area contributed by atoms with Gasteiger partial charge in [0, 0.05) is 22.3 Å². The Labute approximate surface area is 130 Å². The molecule has 0 aliphatic heterocycles. The highest BCUT2D eigenvalue weighted by Crippen LogP contribution is 2.29. The van der Waals surface area contributed by atoms with Crippen LogP contribution in [-0.4, -0.2) is 14.3 Å². The summed E-state index contributed by atoms with van der Waals surface area (Å²) in [7, 11) is 1.61. The molecular formula is C15H20ClNO3S. The van der Waals surface area contributed by atoms with Gasteiger partial charge in [0.2, 0.25) is 5.91 Å². The van der Waals surface area contributed by atoms with Crippen molar-refractivity contribution in [2.75, 3.05) is 5.32 Å². The van der Waals surface area contributed by atoms with Gasteiger partial charge in [-0.3, -0.25) is 4.79 Å². The van der Waals surface area contributed by atoms with Gasteiger partial charge in [-0.15, -0.1) is 0 Å². The molecule has 21 heavy (non-hydrogen) atoms. The van der Waals surface area contributed by atoms with Gasteiger partial charge < -0.3 is 5.32 Å². The number of hydrogen-bond acceptors (Lipinski definition) is 3. The molecule has 1 amide bonds. The van der Waals surface area contributed by atoms with Gasteiger partial charge in [-0.1, -0.05) is 19.3 Å². The Morgan fingerprint density at radius 3 is 2.14 bits per heavy atom. The molecule has 1 fully saturated rings. The fraction of sp³-hybridized carbons (Fsp3) is 0.533. The zero-order valence-electron chi connectivity index (χ0n) is 12.3. The maximum absolute atomic E-state index is 12.3. The minimum atomic E-state index is -3.75. The Kier molecular flexibility index (Phi) is 4.94. The number of hydrogen-bond donors (Lipinski definition) is 1. The van der Waals surface area contributed by atoms with Crippen molar-refractivity contribution in [1.82, 2.24) is 0 Å². The number of nitrogens with one attached hydrogen (secondary N) is 1. The van der Waals surface area contributed by atoms with E-state index in [2.05, 4.69) is 5.32 Å². The molecule has 2 rings (SSSR count). The highest BCUT2D eigenvalue weighted by molar-refractivity contribution is 8.13. The van der Waals surface area contributed by atoms with E-state index in [0.717, 1.165) is 25.7 Å². The number of aryl methyl sites for hydroxylation is 2. The molecule has 0 radical (unpaired) electrons. The number of amides is 1. The third-order valence-corrected chi connectivity index (χ3v) is 5.35. The Hall–Kier alpha value is -1.07. The van der Waals surface area contributed by atoms with Crippen molar-refractivity contribution in [1.29, 1.82) is 0 Å². The largest absolute Gasteiger partial charge is 0.325 e. The van der Waals surface area contributed by atoms with Crippen LogP contribution in [0.3, 0.4) is 0 Å². The smallest absolute Gasteiger partial charge is 0.261 e. The fourth-order valence-electron chi connectivity index (χ4n) is 2.85. The van der Waals surface area contributed by atoms with Crippen LogP contribution in [0.5, 0.6) is 0 Å². The molecule has 1 aliphatic carbocycles. The third kappa shape index (κ3) is 3.98. The minimum Gasteiger partial charge on any atom is -0.325 e. The lowest BCUT2D eigenvalue weighted by Crippen LogP contribution is -2.25. The van der Waals surface area contributed by atoms with Crippen LogP contribution in [-0.2, 0) is 13.8 Å². The summed E-state index contributed by atoms with van der Waals surface area (Å²) >= 11 is 0. The molecule has 4 nitrogen and oxygen atoms in total. The second kappa shape index (κ2) is 6.36. The number of halogens is 1. The van der Waals surface area contributed by atoms with E-state index in [1.807, 2.05) is 0 Å². The standard InChI is InChI=1S/C15H20ClNO3S/c1-10-8-13(21(16,19)20)9-11(2)14(10)17-15(18)12-6-4-3-5-7-12/h8-9,12H,3-7H2,1-2H3,(H,17,18). The van der Waals surface area contributed by atoms with E-state index < -0.39 is 9.05 Å². The summed E-state index contributed by atoms with van der Waals surface area (Å²) in [6.45, 7) is 3.55. The van der Waals surface area contributed by atoms with Crippen LogP contribution in [0.25, 0.3) is 0 Å². The van der Waals surface area contributed by atoms with E-state index >= 15 is 0 Å². The normalized spacial score (nSPS) is 16.7. The van der Waals surface area contributed by atoms with E-state index in [0.29, 0.717) is 16.8 Å². The molecular weight excluding hydrogens is 310 g/mol. The van der Waals surface area contributed by atoms with E-state index in [1.165, 1.54) is 18.6 Å². The van der Waals surface area contributed by atoms with Gasteiger partial charge in [0.15, 0.2) is 0 Å². The van der Waals surface area contributed by atoms with Crippen LogP contribution in [0, 0.1) is 19.8 Å². The molecule has 1 aromatic carbocycles. The lowest BCUT2D eigenvalue weighted by molar-refractivity contribution is -0.120. The Bertz CT molecular complexity index is 626. The number of anilines is 1. The van der Waals surface area contributed by atoms with Gasteiger partial charge in [0.25, 0.3) is 9.05 Å². The van der Waals surface area contributed by atoms with Gasteiger partial charge in [0.05, 0.1) is 4.90 Å². The SMILES string of the molecule is Cc1cc(S(=O)(=O)Cl)cc(C)c1NC(=O)C1CCCCC1. The van der Waals surface area contributed by atoms with Gasteiger partial charge in [0.1, 0.15) is 0 Å². The molecule has 0 aromatic heterocycles. The van der Waals surface area contributed by atoms with E-state index in [4.69, 9.17) is 10.7 Å². The molecule has 1 saturated carbocycles. The Morgan fingerprint density at radius 2 is 1.67 bits per heavy atom. The first-order valence-corrected chi connectivity index (χ1v) is 9.47. The maximum atomic E-state index is 12.3. The highest BCUT2D eigenvalue weighted by Gasteiger charge is 2.22. The number of rotatable bonds is 3. The molecule has 0 atom stereocenters. The summed E-state index contributed by atoms with van der Waals surface area (Å²) in [5, 5.41) is 2.95. The van der Waals surface area contributed by atoms with E-state index in [-0.39, 0.29) is 16.7 Å². The first-order valence-electron chi connectivity index (χ1n) is 7.16. The first-order chi connectivity index (χ1) is 9.79. The molecule has 0 bridgehead atoms. The average molecular weight is 330 g/mol. The molecule has 0 saturated heterocycles. The zero-order chi connectivity index (χ0) is 15.6. The molecule has 1 N–H and O–H groups in total. The minimum absolute atomic E-state index is 0.0300. The molecule has 0 heterocycles. The quantitative estimate of drug-likeness (QED) is 0.859. The number of benzene rings is 1. The van der Waals surface area contributed by atoms with Crippen molar-refractivity contribution in [3.05, 3.63) is 23.3 Å². The molecule has 1 aliphatic rings. The van der Waals surface area contributed by atoms with Gasteiger partial charge >= 0.3 is 0 Å². The van der Waals surface area contributed by atoms with Gasteiger partial charge in [-0.25, -0.2) is 8.42 Å². The molecule has 0 spiro atoms. The first kappa shape index (κ1) is 16.3. The van der Waals surface area contributed by atoms with Crippen LogP contribution in [0.2, 0.25) is 0 Å². The predicted octanol–water partition coefficient (Wildman–Crippen LogP) is 3.75. The monoisotopic (exact) mass is 329 g/mol. The third-order valence-electron chi connectivity index (χ3n) is 4.01. The molecule has 1 aromatic rings. The molecule has 0 unspecified atom stereocenters. The van der Waals surface area contributed by atoms with Crippen molar-refractivity contribution in [3.8, 4) is 0 Å². The van der Waals surface area contributed by atoms with Crippen molar-refractivity contribution in [2.45, 2.75) is 50.8 Å². The zero-order valence-corrected chi connectivity index (χ0v) is 13.9. The lowest BCUT2D eigenvalue weighted by Gasteiger charge is -2.22. The van der Waals surface area contributed by atoms with E-state index in [1.54, 1.807) is 13.8 Å². The summed E-state index contributed by atoms with van der Waals surface area (Å²) in [5.41, 5.74) is 2.10. The van der Waals surface area contributed by atoms with Crippen molar-refractivity contribution < 1.29 is 13.2 Å². The predicted molar refractivity (Wildman–Crippen MR) is 84.2 cm³/mol. The Morgan fingerprint density at radius 1 is 1.14 bits per heavy atom. The van der Waals surface area contributed by atoms with Crippen LogP contribution >= 0.6 is 10.7 Å². The summed E-state index contributed by atoms with van der Waals surface area (Å²) in [4.78, 5) is 12.4. The second-order valence-electron chi connectivity index (χ2n) is 5.69. The number of carbonyl (C=O) groups excluding carboxylic acids is 1. The summed E-state index contributed by atoms with van der Waals surface area (Å²) in [6.07, 6.45) is 5.25. The Balaban J connectivity index is 2.22. The number of carbonyl (C=O) groups is 1. The average Bonchev–Trinajstić information content (AvgIpc) is 2.42.